The predicted octanol–water partition coefficient (Wildman–Crippen LogP) is 0.316. The van der Waals surface area contributed by atoms with Gasteiger partial charge in [0.1, 0.15) is 5.38 Å². The Morgan fingerprint density at radius 1 is 1.36 bits per heavy atom. The lowest BCUT2D eigenvalue weighted by Crippen LogP contribution is -2.48. The van der Waals surface area contributed by atoms with Gasteiger partial charge >= 0.3 is 5.97 Å². The van der Waals surface area contributed by atoms with E-state index < -0.39 is 11.3 Å². The molecule has 0 aliphatic carbocycles. The van der Waals surface area contributed by atoms with Crippen molar-refractivity contribution in [1.29, 1.82) is 0 Å². The molecule has 1 heterocycles. The van der Waals surface area contributed by atoms with E-state index in [1.165, 1.54) is 0 Å². The Bertz CT molecular complexity index is 193. The summed E-state index contributed by atoms with van der Waals surface area (Å²) in [6.07, 6.45) is 0. The molecule has 0 aromatic rings. The number of nitrogens with zero attached hydrogens (tertiary/aromatic N) is 2. The normalized spacial score (nSPS) is 22.1. The molecule has 1 aliphatic heterocycles. The van der Waals surface area contributed by atoms with Crippen molar-refractivity contribution in [2.75, 3.05) is 39.3 Å². The van der Waals surface area contributed by atoms with E-state index >= 15 is 0 Å². The quantitative estimate of drug-likeness (QED) is 0.693. The number of carboxylic acid groups (broad SMARTS) is 1. The third-order valence-corrected chi connectivity index (χ3v) is 2.92. The molecule has 1 aliphatic rings. The van der Waals surface area contributed by atoms with Gasteiger partial charge in [-0.05, 0) is 6.54 Å². The van der Waals surface area contributed by atoms with Crippen molar-refractivity contribution in [2.45, 2.75) is 12.3 Å². The van der Waals surface area contributed by atoms with Gasteiger partial charge in [-0.3, -0.25) is 9.69 Å². The van der Waals surface area contributed by atoms with Gasteiger partial charge in [0, 0.05) is 32.7 Å². The summed E-state index contributed by atoms with van der Waals surface area (Å²) in [4.78, 5) is 15.0. The van der Waals surface area contributed by atoms with Gasteiger partial charge in [-0.15, -0.1) is 11.6 Å². The number of carboxylic acids is 1. The van der Waals surface area contributed by atoms with Gasteiger partial charge < -0.3 is 10.0 Å². The van der Waals surface area contributed by atoms with Crippen molar-refractivity contribution in [3.05, 3.63) is 0 Å². The van der Waals surface area contributed by atoms with Crippen LogP contribution in [0, 0.1) is 0 Å². The Labute approximate surface area is 89.4 Å². The van der Waals surface area contributed by atoms with Crippen LogP contribution in [0.1, 0.15) is 6.92 Å². The first-order valence-electron chi connectivity index (χ1n) is 4.95. The molecule has 1 rings (SSSR count). The van der Waals surface area contributed by atoms with E-state index in [1.807, 2.05) is 0 Å². The molecular formula is C9H17ClN2O2. The van der Waals surface area contributed by atoms with Gasteiger partial charge in [0.25, 0.3) is 0 Å². The maximum Gasteiger partial charge on any atom is 0.322 e. The van der Waals surface area contributed by atoms with E-state index in [9.17, 15) is 4.79 Å². The number of hydrogen-bond donors (Lipinski definition) is 1. The lowest BCUT2D eigenvalue weighted by molar-refractivity contribution is -0.137. The van der Waals surface area contributed by atoms with E-state index in [4.69, 9.17) is 16.7 Å². The lowest BCUT2D eigenvalue weighted by Gasteiger charge is -2.34. The van der Waals surface area contributed by atoms with Crippen molar-refractivity contribution in [2.24, 2.45) is 0 Å². The highest BCUT2D eigenvalue weighted by molar-refractivity contribution is 6.29. The monoisotopic (exact) mass is 220 g/mol. The van der Waals surface area contributed by atoms with Gasteiger partial charge in [0.2, 0.25) is 0 Å². The number of rotatable bonds is 4. The first kappa shape index (κ1) is 11.8. The van der Waals surface area contributed by atoms with Gasteiger partial charge in [-0.25, -0.2) is 0 Å². The van der Waals surface area contributed by atoms with Gasteiger partial charge in [0.15, 0.2) is 0 Å². The smallest absolute Gasteiger partial charge is 0.322 e. The summed E-state index contributed by atoms with van der Waals surface area (Å²) >= 11 is 5.66. The average molecular weight is 221 g/mol. The van der Waals surface area contributed by atoms with Crippen LogP contribution in [-0.2, 0) is 4.79 Å². The molecule has 0 saturated carbocycles. The zero-order chi connectivity index (χ0) is 10.6. The van der Waals surface area contributed by atoms with Crippen LogP contribution in [-0.4, -0.2) is 65.5 Å². The molecule has 5 heteroatoms. The van der Waals surface area contributed by atoms with Crippen molar-refractivity contribution >= 4 is 17.6 Å². The van der Waals surface area contributed by atoms with E-state index in [-0.39, 0.29) is 0 Å². The highest BCUT2D eigenvalue weighted by atomic mass is 35.5. The minimum absolute atomic E-state index is 0.453. The molecule has 0 bridgehead atoms. The maximum atomic E-state index is 10.5. The maximum absolute atomic E-state index is 10.5. The molecule has 0 aromatic heterocycles. The number of alkyl halides is 1. The van der Waals surface area contributed by atoms with Crippen molar-refractivity contribution in [3.63, 3.8) is 0 Å². The summed E-state index contributed by atoms with van der Waals surface area (Å²) in [7, 11) is 0. The molecule has 1 atom stereocenters. The molecular weight excluding hydrogens is 204 g/mol. The molecule has 1 saturated heterocycles. The van der Waals surface area contributed by atoms with Gasteiger partial charge in [0.05, 0.1) is 0 Å². The Morgan fingerprint density at radius 3 is 2.29 bits per heavy atom. The zero-order valence-corrected chi connectivity index (χ0v) is 9.20. The van der Waals surface area contributed by atoms with Crippen LogP contribution < -0.4 is 0 Å². The topological polar surface area (TPSA) is 43.8 Å². The summed E-state index contributed by atoms with van der Waals surface area (Å²) < 4.78 is 0. The van der Waals surface area contributed by atoms with Crippen LogP contribution in [0.15, 0.2) is 0 Å². The Morgan fingerprint density at radius 2 is 1.86 bits per heavy atom. The summed E-state index contributed by atoms with van der Waals surface area (Å²) in [5, 5.41) is 7.87. The SMILES string of the molecule is CCN1CCN(CC(Cl)C(=O)O)CC1. The second-order valence-corrected chi connectivity index (χ2v) is 4.07. The number of aliphatic carboxylic acids is 1. The number of halogens is 1. The van der Waals surface area contributed by atoms with E-state index in [0.717, 1.165) is 32.7 Å². The van der Waals surface area contributed by atoms with Crippen LogP contribution in [0.4, 0.5) is 0 Å². The Kier molecular flexibility index (Phi) is 4.65. The molecule has 14 heavy (non-hydrogen) atoms. The number of hydrogen-bond acceptors (Lipinski definition) is 3. The fraction of sp³-hybridized carbons (Fsp3) is 0.889. The van der Waals surface area contributed by atoms with Crippen LogP contribution in [0.2, 0.25) is 0 Å². The van der Waals surface area contributed by atoms with E-state index in [1.54, 1.807) is 0 Å². The third-order valence-electron chi connectivity index (χ3n) is 2.60. The summed E-state index contributed by atoms with van der Waals surface area (Å²) in [6, 6.07) is 0. The van der Waals surface area contributed by atoms with Crippen molar-refractivity contribution < 1.29 is 9.90 Å². The molecule has 1 fully saturated rings. The van der Waals surface area contributed by atoms with E-state index in [2.05, 4.69) is 16.7 Å². The van der Waals surface area contributed by atoms with Crippen LogP contribution in [0.25, 0.3) is 0 Å². The van der Waals surface area contributed by atoms with Crippen LogP contribution in [0.5, 0.6) is 0 Å². The second-order valence-electron chi connectivity index (χ2n) is 3.54. The Balaban J connectivity index is 2.25. The molecule has 4 nitrogen and oxygen atoms in total. The average Bonchev–Trinajstić information content (AvgIpc) is 2.19. The molecule has 82 valence electrons. The van der Waals surface area contributed by atoms with Crippen molar-refractivity contribution in [1.82, 2.24) is 9.80 Å². The largest absolute Gasteiger partial charge is 0.480 e. The molecule has 0 amide bonds. The Hall–Kier alpha value is -0.320. The van der Waals surface area contributed by atoms with E-state index in [0.29, 0.717) is 6.54 Å². The summed E-state index contributed by atoms with van der Waals surface area (Å²) in [5.41, 5.74) is 0. The number of carbonyl (C=O) groups is 1. The fourth-order valence-electron chi connectivity index (χ4n) is 1.59. The fourth-order valence-corrected chi connectivity index (χ4v) is 1.79. The highest BCUT2D eigenvalue weighted by Crippen LogP contribution is 2.05. The standard InChI is InChI=1S/C9H17ClN2O2/c1-2-11-3-5-12(6-4-11)7-8(10)9(13)14/h8H,2-7H2,1H3,(H,13,14). The number of piperazine rings is 1. The van der Waals surface area contributed by atoms with Crippen LogP contribution in [0.3, 0.4) is 0 Å². The highest BCUT2D eigenvalue weighted by Gasteiger charge is 2.21. The predicted molar refractivity (Wildman–Crippen MR) is 55.8 cm³/mol. The third kappa shape index (κ3) is 3.44. The molecule has 1 N–H and O–H groups in total. The van der Waals surface area contributed by atoms with Gasteiger partial charge in [-0.1, -0.05) is 6.92 Å². The molecule has 0 aromatic carbocycles. The first-order valence-corrected chi connectivity index (χ1v) is 5.38. The van der Waals surface area contributed by atoms with Gasteiger partial charge in [-0.2, -0.15) is 0 Å². The summed E-state index contributed by atoms with van der Waals surface area (Å²) in [6.45, 7) is 7.52. The second kappa shape index (κ2) is 5.53. The molecule has 0 spiro atoms. The minimum atomic E-state index is -0.926. The lowest BCUT2D eigenvalue weighted by atomic mass is 10.3. The number of likely N-dealkylation sites (N-methyl/N-ethyl adjacent to an activating group) is 1. The zero-order valence-electron chi connectivity index (χ0n) is 8.45. The van der Waals surface area contributed by atoms with Crippen LogP contribution >= 0.6 is 11.6 Å². The molecule has 0 radical (unpaired) electrons. The molecule has 1 unspecified atom stereocenters. The minimum Gasteiger partial charge on any atom is -0.480 e. The van der Waals surface area contributed by atoms with Crippen molar-refractivity contribution in [3.8, 4) is 0 Å². The summed E-state index contributed by atoms with van der Waals surface area (Å²) in [5.74, 6) is -0.926. The first-order chi connectivity index (χ1) is 6.63.